The van der Waals surface area contributed by atoms with E-state index in [4.69, 9.17) is 0 Å². The van der Waals surface area contributed by atoms with Gasteiger partial charge < -0.3 is 27.7 Å². The molecule has 184 valence electrons. The minimum Gasteiger partial charge on any atom is -0.346 e. The van der Waals surface area contributed by atoms with Gasteiger partial charge in [-0.05, 0) is 79.1 Å². The van der Waals surface area contributed by atoms with Crippen molar-refractivity contribution in [1.82, 2.24) is 0 Å². The Bertz CT molecular complexity index is 372. The van der Waals surface area contributed by atoms with E-state index >= 15 is 0 Å². The van der Waals surface area contributed by atoms with Crippen molar-refractivity contribution in [2.24, 2.45) is 0 Å². The van der Waals surface area contributed by atoms with Crippen LogP contribution in [0.25, 0.3) is 0 Å². The third kappa shape index (κ3) is 35.8. The van der Waals surface area contributed by atoms with Crippen LogP contribution in [0.2, 0.25) is 0 Å². The second-order valence-corrected chi connectivity index (χ2v) is 6.36. The van der Waals surface area contributed by atoms with E-state index in [0.717, 1.165) is 0 Å². The van der Waals surface area contributed by atoms with Crippen molar-refractivity contribution in [3.8, 4) is 0 Å². The van der Waals surface area contributed by atoms with Gasteiger partial charge >= 0.3 is 42.1 Å². The van der Waals surface area contributed by atoms with E-state index in [2.05, 4.69) is 79.7 Å². The Morgan fingerprint density at radius 1 is 0.400 bits per heavy atom. The van der Waals surface area contributed by atoms with E-state index < -0.39 is 0 Å². The summed E-state index contributed by atoms with van der Waals surface area (Å²) in [5.41, 5.74) is 6.24. The van der Waals surface area contributed by atoms with Crippen LogP contribution in [-0.4, -0.2) is 0 Å². The molecule has 0 nitrogen and oxygen atoms in total. The molecule has 0 atom stereocenters. The molecule has 2 aliphatic carbocycles. The van der Waals surface area contributed by atoms with Crippen LogP contribution in [-0.2, 0) is 42.1 Å². The van der Waals surface area contributed by atoms with Crippen LogP contribution < -0.4 is 0 Å². The summed E-state index contributed by atoms with van der Waals surface area (Å²) in [5, 5.41) is 0. The molecule has 0 unspecified atom stereocenters. The van der Waals surface area contributed by atoms with Gasteiger partial charge in [0, 0.05) is 0 Å². The third-order valence-electron chi connectivity index (χ3n) is 4.13. The number of hydrogen-bond acceptors (Lipinski definition) is 0. The third-order valence-corrected chi connectivity index (χ3v) is 4.13. The van der Waals surface area contributed by atoms with Crippen molar-refractivity contribution >= 4 is 0 Å². The van der Waals surface area contributed by atoms with Gasteiger partial charge in [0.1, 0.15) is 0 Å². The Balaban J connectivity index is -0.0000000686. The molecule has 30 heavy (non-hydrogen) atoms. The Labute approximate surface area is 222 Å². The molecule has 0 amide bonds. The van der Waals surface area contributed by atoms with Gasteiger partial charge in [0.2, 0.25) is 0 Å². The van der Waals surface area contributed by atoms with Gasteiger partial charge in [0.25, 0.3) is 0 Å². The van der Waals surface area contributed by atoms with Crippen molar-refractivity contribution in [3.63, 3.8) is 0 Å². The zero-order valence-corrected chi connectivity index (χ0v) is 26.0. The molecule has 0 aromatic heterocycles. The van der Waals surface area contributed by atoms with Crippen LogP contribution in [0.15, 0.2) is 46.6 Å². The molecule has 0 N–H and O–H groups in total. The smallest absolute Gasteiger partial charge is 0.346 e. The molecule has 0 fully saturated rings. The Morgan fingerprint density at radius 2 is 0.600 bits per heavy atom. The summed E-state index contributed by atoms with van der Waals surface area (Å²) in [6.45, 7) is 28.9. The molecule has 0 saturated heterocycles. The summed E-state index contributed by atoms with van der Waals surface area (Å²) in [6.07, 6.45) is 19.5. The summed E-state index contributed by atoms with van der Waals surface area (Å²) in [5.74, 6) is 0. The van der Waals surface area contributed by atoms with Gasteiger partial charge in [-0.25, -0.2) is 0 Å². The summed E-state index contributed by atoms with van der Waals surface area (Å²) in [6, 6.07) is 0. The first-order valence-electron chi connectivity index (χ1n) is 11.0. The van der Waals surface area contributed by atoms with E-state index in [0.29, 0.717) is 0 Å². The first-order chi connectivity index (χ1) is 13.6. The van der Waals surface area contributed by atoms with Crippen LogP contribution in [0.1, 0.15) is 107 Å². The molecule has 2 rings (SSSR count). The zero-order chi connectivity index (χ0) is 22.8. The maximum absolute atomic E-state index is 3.25. The van der Waals surface area contributed by atoms with E-state index in [-0.39, 0.29) is 42.1 Å². The summed E-state index contributed by atoms with van der Waals surface area (Å²) >= 11 is 0. The van der Waals surface area contributed by atoms with Gasteiger partial charge in [-0.2, -0.15) is 27.7 Å². The Morgan fingerprint density at radius 3 is 0.867 bits per heavy atom. The van der Waals surface area contributed by atoms with Crippen molar-refractivity contribution < 1.29 is 42.1 Å². The second-order valence-electron chi connectivity index (χ2n) is 6.36. The van der Waals surface area contributed by atoms with Crippen molar-refractivity contribution in [3.05, 3.63) is 74.3 Å². The van der Waals surface area contributed by atoms with Gasteiger partial charge in [0.05, 0.1) is 0 Å². The van der Waals surface area contributed by atoms with Crippen molar-refractivity contribution in [1.29, 1.82) is 0 Å². The van der Waals surface area contributed by atoms with Crippen molar-refractivity contribution in [2.75, 3.05) is 0 Å². The van der Waals surface area contributed by atoms with Crippen LogP contribution in [0.5, 0.6) is 0 Å². The van der Waals surface area contributed by atoms with E-state index in [9.17, 15) is 0 Å². The molecule has 2 aliphatic rings. The molecule has 0 aliphatic heterocycles. The quantitative estimate of drug-likeness (QED) is 0.170. The molecule has 0 bridgehead atoms. The SMILES string of the molecule is C/C1=C/CC/C(C)=C\CC1.C/C1=C/CC/C=C(/C)CC1.[CH2-]C.[CH2-]C.[CH2-]C.[CH2-]C.[Pt+2].[Pt+2]. The largest absolute Gasteiger partial charge is 2.00 e. The molecule has 0 aromatic carbocycles. The first kappa shape index (κ1) is 44.1. The number of allylic oxidation sites excluding steroid dienone is 8. The van der Waals surface area contributed by atoms with Gasteiger partial charge in [-0.15, -0.1) is 0 Å². The molecule has 2 heteroatoms. The first-order valence-corrected chi connectivity index (χ1v) is 11.0. The minimum absolute atomic E-state index is 0. The molecular formula is C28H52Pt2. The Hall–Kier alpha value is 0.337. The Kier molecular flexibility index (Phi) is 58.4. The summed E-state index contributed by atoms with van der Waals surface area (Å²) in [4.78, 5) is 0. The fourth-order valence-electron chi connectivity index (χ4n) is 2.55. The topological polar surface area (TPSA) is 0 Å². The molecule has 0 heterocycles. The fraction of sp³-hybridized carbons (Fsp3) is 0.571. The molecule has 0 aromatic rings. The number of rotatable bonds is 0. The van der Waals surface area contributed by atoms with Gasteiger partial charge in [-0.1, -0.05) is 46.6 Å². The molecule has 0 radical (unpaired) electrons. The standard InChI is InChI=1S/2C10H16.4C2H5.2Pt/c1-9-5-3-7-10(2)8-4-6-9;1-9-5-3-4-6-10(2)8-7-9;4*1-2;;/h5,8H,3-4,6-7H2,1-2H3;5-6H,3-4,7-8H2,1-2H3;4*1H2,2H3;;/q;;4*-1;2*+2/b9-5-,10-8-;9-5-,10-6-;;;;;;. The second kappa shape index (κ2) is 39.8. The van der Waals surface area contributed by atoms with E-state index in [1.165, 1.54) is 51.4 Å². The average Bonchev–Trinajstić information content (AvgIpc) is 2.73. The van der Waals surface area contributed by atoms with Crippen LogP contribution in [0, 0.1) is 27.7 Å². The fourth-order valence-corrected chi connectivity index (χ4v) is 2.55. The minimum atomic E-state index is 0. The normalized spacial score (nSPS) is 21.5. The number of hydrogen-bond donors (Lipinski definition) is 0. The predicted octanol–water partition coefficient (Wildman–Crippen LogP) is 10.3. The van der Waals surface area contributed by atoms with Gasteiger partial charge in [-0.3, -0.25) is 0 Å². The molecule has 0 spiro atoms. The maximum atomic E-state index is 3.25. The predicted molar refractivity (Wildman–Crippen MR) is 136 cm³/mol. The monoisotopic (exact) mass is 778 g/mol. The van der Waals surface area contributed by atoms with Crippen molar-refractivity contribution in [2.45, 2.75) is 107 Å². The summed E-state index contributed by atoms with van der Waals surface area (Å²) < 4.78 is 0. The van der Waals surface area contributed by atoms with Crippen LogP contribution in [0.4, 0.5) is 0 Å². The van der Waals surface area contributed by atoms with E-state index in [1.807, 2.05) is 0 Å². The summed E-state index contributed by atoms with van der Waals surface area (Å²) in [7, 11) is 0. The van der Waals surface area contributed by atoms with Crippen LogP contribution in [0.3, 0.4) is 0 Å². The van der Waals surface area contributed by atoms with Gasteiger partial charge in [0.15, 0.2) is 0 Å². The average molecular weight is 779 g/mol. The van der Waals surface area contributed by atoms with E-state index in [1.54, 1.807) is 50.0 Å². The maximum Gasteiger partial charge on any atom is 2.00 e. The molecular weight excluding hydrogens is 726 g/mol. The van der Waals surface area contributed by atoms with Crippen LogP contribution >= 0.6 is 0 Å². The molecule has 0 saturated carbocycles. The zero-order valence-electron chi connectivity index (χ0n) is 21.4.